The normalized spacial score (nSPS) is 15.4. The summed E-state index contributed by atoms with van der Waals surface area (Å²) in [7, 11) is 0. The van der Waals surface area contributed by atoms with Gasteiger partial charge < -0.3 is 15.6 Å². The number of rotatable bonds is 5. The predicted octanol–water partition coefficient (Wildman–Crippen LogP) is 2.21. The van der Waals surface area contributed by atoms with E-state index in [1.807, 2.05) is 30.3 Å². The number of hydrogen-bond acceptors (Lipinski definition) is 3. The molecule has 0 atom stereocenters. The topological polar surface area (TPSA) is 77.1 Å². The van der Waals surface area contributed by atoms with Gasteiger partial charge in [-0.05, 0) is 30.0 Å². The predicted molar refractivity (Wildman–Crippen MR) is 101 cm³/mol. The fraction of sp³-hybridized carbons (Fsp3) is 0.368. The van der Waals surface area contributed by atoms with E-state index in [0.29, 0.717) is 13.1 Å². The van der Waals surface area contributed by atoms with E-state index in [1.54, 1.807) is 22.9 Å². The Labute approximate surface area is 153 Å². The number of carbonyl (C=O) groups is 1. The highest BCUT2D eigenvalue weighted by atomic mass is 35.5. The van der Waals surface area contributed by atoms with Crippen LogP contribution < -0.4 is 16.6 Å². The molecule has 1 saturated carbocycles. The SMILES string of the molecule is Cl.NC1(C(=O)NCc2ccc(Cn3ccccc3=O)cc2)CCCC1. The van der Waals surface area contributed by atoms with E-state index in [0.717, 1.165) is 36.8 Å². The monoisotopic (exact) mass is 361 g/mol. The Balaban J connectivity index is 0.00000225. The highest BCUT2D eigenvalue weighted by Crippen LogP contribution is 2.27. The summed E-state index contributed by atoms with van der Waals surface area (Å²) >= 11 is 0. The van der Waals surface area contributed by atoms with Crippen LogP contribution in [0.25, 0.3) is 0 Å². The van der Waals surface area contributed by atoms with Crippen LogP contribution in [-0.2, 0) is 17.9 Å². The van der Waals surface area contributed by atoms with Crippen molar-refractivity contribution in [3.63, 3.8) is 0 Å². The Kier molecular flexibility index (Phi) is 6.39. The third-order valence-electron chi connectivity index (χ3n) is 4.68. The number of nitrogens with zero attached hydrogens (tertiary/aromatic N) is 1. The maximum absolute atomic E-state index is 12.2. The Morgan fingerprint density at radius 3 is 2.36 bits per heavy atom. The second kappa shape index (κ2) is 8.32. The molecule has 0 radical (unpaired) electrons. The van der Waals surface area contributed by atoms with Gasteiger partial charge in [-0.1, -0.05) is 43.2 Å². The summed E-state index contributed by atoms with van der Waals surface area (Å²) in [6.45, 7) is 1.02. The third kappa shape index (κ3) is 4.71. The van der Waals surface area contributed by atoms with Gasteiger partial charge in [0.2, 0.25) is 5.91 Å². The molecule has 25 heavy (non-hydrogen) atoms. The van der Waals surface area contributed by atoms with Crippen LogP contribution in [0.3, 0.4) is 0 Å². The van der Waals surface area contributed by atoms with Crippen LogP contribution in [0.2, 0.25) is 0 Å². The minimum Gasteiger partial charge on any atom is -0.350 e. The molecular formula is C19H24ClN3O2. The second-order valence-corrected chi connectivity index (χ2v) is 6.53. The number of nitrogens with one attached hydrogen (secondary N) is 1. The summed E-state index contributed by atoms with van der Waals surface area (Å²) in [6, 6.07) is 13.0. The number of amides is 1. The smallest absolute Gasteiger partial charge is 0.250 e. The molecule has 2 aromatic rings. The van der Waals surface area contributed by atoms with Crippen molar-refractivity contribution >= 4 is 18.3 Å². The van der Waals surface area contributed by atoms with E-state index in [4.69, 9.17) is 5.73 Å². The number of aromatic nitrogens is 1. The van der Waals surface area contributed by atoms with Crippen LogP contribution >= 0.6 is 12.4 Å². The molecular weight excluding hydrogens is 338 g/mol. The molecule has 0 saturated heterocycles. The van der Waals surface area contributed by atoms with Gasteiger partial charge in [0.25, 0.3) is 5.56 Å². The molecule has 5 nitrogen and oxygen atoms in total. The fourth-order valence-corrected chi connectivity index (χ4v) is 3.14. The second-order valence-electron chi connectivity index (χ2n) is 6.53. The maximum Gasteiger partial charge on any atom is 0.250 e. The van der Waals surface area contributed by atoms with Crippen molar-refractivity contribution in [3.05, 3.63) is 70.1 Å². The van der Waals surface area contributed by atoms with Crippen LogP contribution in [0.15, 0.2) is 53.5 Å². The molecule has 134 valence electrons. The molecule has 3 N–H and O–H groups in total. The molecule has 1 heterocycles. The van der Waals surface area contributed by atoms with Gasteiger partial charge in [-0.3, -0.25) is 9.59 Å². The zero-order valence-corrected chi connectivity index (χ0v) is 14.9. The average molecular weight is 362 g/mol. The first-order valence-corrected chi connectivity index (χ1v) is 8.37. The molecule has 1 fully saturated rings. The molecule has 0 bridgehead atoms. The number of nitrogens with two attached hydrogens (primary N) is 1. The first-order chi connectivity index (χ1) is 11.6. The number of carbonyl (C=O) groups excluding carboxylic acids is 1. The van der Waals surface area contributed by atoms with Crippen molar-refractivity contribution in [2.24, 2.45) is 5.73 Å². The molecule has 0 aliphatic heterocycles. The van der Waals surface area contributed by atoms with E-state index < -0.39 is 5.54 Å². The van der Waals surface area contributed by atoms with Gasteiger partial charge in [0.05, 0.1) is 12.1 Å². The van der Waals surface area contributed by atoms with Crippen molar-refractivity contribution in [1.82, 2.24) is 9.88 Å². The lowest BCUT2D eigenvalue weighted by molar-refractivity contribution is -0.126. The van der Waals surface area contributed by atoms with Crippen molar-refractivity contribution in [2.75, 3.05) is 0 Å². The van der Waals surface area contributed by atoms with Gasteiger partial charge in [0, 0.05) is 18.8 Å². The minimum absolute atomic E-state index is 0. The fourth-order valence-electron chi connectivity index (χ4n) is 3.14. The van der Waals surface area contributed by atoms with Gasteiger partial charge in [-0.2, -0.15) is 0 Å². The zero-order chi connectivity index (χ0) is 17.0. The Bertz CT molecular complexity index is 765. The zero-order valence-electron chi connectivity index (χ0n) is 14.1. The summed E-state index contributed by atoms with van der Waals surface area (Å²) < 4.78 is 1.66. The van der Waals surface area contributed by atoms with E-state index in [9.17, 15) is 9.59 Å². The Morgan fingerprint density at radius 2 is 1.72 bits per heavy atom. The lowest BCUT2D eigenvalue weighted by atomic mass is 9.98. The van der Waals surface area contributed by atoms with Crippen LogP contribution in [0.5, 0.6) is 0 Å². The lowest BCUT2D eigenvalue weighted by Gasteiger charge is -2.22. The van der Waals surface area contributed by atoms with Crippen molar-refractivity contribution in [2.45, 2.75) is 44.3 Å². The van der Waals surface area contributed by atoms with E-state index in [2.05, 4.69) is 5.32 Å². The summed E-state index contributed by atoms with van der Waals surface area (Å²) in [6.07, 6.45) is 5.36. The minimum atomic E-state index is -0.686. The molecule has 0 spiro atoms. The highest BCUT2D eigenvalue weighted by molar-refractivity contribution is 5.86. The molecule has 1 aliphatic carbocycles. The molecule has 1 aromatic heterocycles. The molecule has 3 rings (SSSR count). The third-order valence-corrected chi connectivity index (χ3v) is 4.68. The number of hydrogen-bond donors (Lipinski definition) is 2. The van der Waals surface area contributed by atoms with Crippen LogP contribution in [-0.4, -0.2) is 16.0 Å². The standard InChI is InChI=1S/C19H23N3O2.ClH/c20-19(10-2-3-11-19)18(24)21-13-15-6-8-16(9-7-15)14-22-12-4-1-5-17(22)23;/h1,4-9,12H,2-3,10-11,13-14,20H2,(H,21,24);1H. The summed E-state index contributed by atoms with van der Waals surface area (Å²) in [5.74, 6) is -0.0556. The van der Waals surface area contributed by atoms with Gasteiger partial charge >= 0.3 is 0 Å². The van der Waals surface area contributed by atoms with Crippen LogP contribution in [0, 0.1) is 0 Å². The molecule has 1 amide bonds. The summed E-state index contributed by atoms with van der Waals surface area (Å²) in [5.41, 5.74) is 7.51. The van der Waals surface area contributed by atoms with Crippen molar-refractivity contribution in [3.8, 4) is 0 Å². The van der Waals surface area contributed by atoms with E-state index in [1.165, 1.54) is 0 Å². The number of pyridine rings is 1. The van der Waals surface area contributed by atoms with Gasteiger partial charge in [0.15, 0.2) is 0 Å². The molecule has 6 heteroatoms. The molecule has 0 unspecified atom stereocenters. The van der Waals surface area contributed by atoms with E-state index >= 15 is 0 Å². The number of halogens is 1. The van der Waals surface area contributed by atoms with Crippen molar-refractivity contribution < 1.29 is 4.79 Å². The molecule has 1 aromatic carbocycles. The summed E-state index contributed by atoms with van der Waals surface area (Å²) in [5, 5.41) is 2.94. The largest absolute Gasteiger partial charge is 0.350 e. The first-order valence-electron chi connectivity index (χ1n) is 8.37. The maximum atomic E-state index is 12.2. The van der Waals surface area contributed by atoms with E-state index in [-0.39, 0.29) is 23.9 Å². The Morgan fingerprint density at radius 1 is 1.08 bits per heavy atom. The lowest BCUT2D eigenvalue weighted by Crippen LogP contribution is -2.51. The highest BCUT2D eigenvalue weighted by Gasteiger charge is 2.36. The summed E-state index contributed by atoms with van der Waals surface area (Å²) in [4.78, 5) is 23.9. The van der Waals surface area contributed by atoms with Crippen molar-refractivity contribution in [1.29, 1.82) is 0 Å². The van der Waals surface area contributed by atoms with Crippen LogP contribution in [0.1, 0.15) is 36.8 Å². The van der Waals surface area contributed by atoms with Crippen LogP contribution in [0.4, 0.5) is 0 Å². The van der Waals surface area contributed by atoms with Gasteiger partial charge in [0.1, 0.15) is 0 Å². The number of benzene rings is 1. The first kappa shape index (κ1) is 19.2. The Hall–Kier alpha value is -2.11. The van der Waals surface area contributed by atoms with Gasteiger partial charge in [-0.15, -0.1) is 12.4 Å². The van der Waals surface area contributed by atoms with Gasteiger partial charge in [-0.25, -0.2) is 0 Å². The quantitative estimate of drug-likeness (QED) is 0.857. The average Bonchev–Trinajstić information content (AvgIpc) is 3.04. The molecule has 1 aliphatic rings.